The van der Waals surface area contributed by atoms with E-state index in [0.717, 1.165) is 43.5 Å². The Morgan fingerprint density at radius 3 is 2.56 bits per heavy atom. The minimum atomic E-state index is -4.36. The third-order valence-electron chi connectivity index (χ3n) is 4.53. The van der Waals surface area contributed by atoms with Crippen molar-refractivity contribution in [1.82, 2.24) is 5.32 Å². The lowest BCUT2D eigenvalue weighted by molar-refractivity contribution is -0.137. The summed E-state index contributed by atoms with van der Waals surface area (Å²) in [6.07, 6.45) is 3.37. The number of nitrogens with one attached hydrogen (secondary N) is 1. The Hall–Kier alpha value is -2.45. The molecular formula is C22H22F3NO. The van der Waals surface area contributed by atoms with Gasteiger partial charge in [-0.05, 0) is 61.9 Å². The van der Waals surface area contributed by atoms with Crippen molar-refractivity contribution < 1.29 is 17.9 Å². The van der Waals surface area contributed by atoms with Crippen LogP contribution < -0.4 is 10.1 Å². The van der Waals surface area contributed by atoms with E-state index in [1.165, 1.54) is 25.0 Å². The summed E-state index contributed by atoms with van der Waals surface area (Å²) >= 11 is 0. The van der Waals surface area contributed by atoms with Crippen LogP contribution in [0.4, 0.5) is 13.2 Å². The highest BCUT2D eigenvalue weighted by atomic mass is 19.4. The fourth-order valence-electron chi connectivity index (χ4n) is 3.07. The first-order valence-corrected chi connectivity index (χ1v) is 9.21. The molecule has 2 aromatic rings. The van der Waals surface area contributed by atoms with E-state index >= 15 is 0 Å². The first-order chi connectivity index (χ1) is 13.0. The van der Waals surface area contributed by atoms with Gasteiger partial charge in [-0.3, -0.25) is 0 Å². The van der Waals surface area contributed by atoms with Crippen molar-refractivity contribution in [2.75, 3.05) is 6.54 Å². The highest BCUT2D eigenvalue weighted by molar-refractivity contribution is 5.61. The van der Waals surface area contributed by atoms with Crippen LogP contribution in [0.2, 0.25) is 0 Å². The Morgan fingerprint density at radius 2 is 1.85 bits per heavy atom. The van der Waals surface area contributed by atoms with Gasteiger partial charge in [-0.2, -0.15) is 13.2 Å². The van der Waals surface area contributed by atoms with Gasteiger partial charge in [0.2, 0.25) is 0 Å². The van der Waals surface area contributed by atoms with Crippen molar-refractivity contribution in [3.05, 3.63) is 71.8 Å². The molecule has 0 radical (unpaired) electrons. The van der Waals surface area contributed by atoms with Gasteiger partial charge in [-0.15, -0.1) is 0 Å². The molecule has 2 nitrogen and oxygen atoms in total. The van der Waals surface area contributed by atoms with Gasteiger partial charge in [0, 0.05) is 6.04 Å². The predicted molar refractivity (Wildman–Crippen MR) is 99.0 cm³/mol. The zero-order valence-electron chi connectivity index (χ0n) is 15.0. The SMILES string of the molecule is FC(F)(F)c1ccc(O/C(=C\[C@@H]2CCCCCCN2)c2c#cccc2)cc1. The molecule has 0 unspecified atom stereocenters. The molecule has 0 amide bonds. The smallest absolute Gasteiger partial charge is 0.416 e. The van der Waals surface area contributed by atoms with Gasteiger partial charge >= 0.3 is 6.18 Å². The molecule has 0 aliphatic carbocycles. The minimum Gasteiger partial charge on any atom is -0.456 e. The maximum atomic E-state index is 12.8. The van der Waals surface area contributed by atoms with E-state index in [1.807, 2.05) is 18.2 Å². The van der Waals surface area contributed by atoms with E-state index in [1.54, 1.807) is 6.07 Å². The molecule has 1 atom stereocenters. The molecule has 2 aromatic carbocycles. The monoisotopic (exact) mass is 373 g/mol. The van der Waals surface area contributed by atoms with Gasteiger partial charge in [-0.1, -0.05) is 37.5 Å². The number of hydrogen-bond acceptors (Lipinski definition) is 2. The number of rotatable bonds is 4. The molecule has 0 bridgehead atoms. The summed E-state index contributed by atoms with van der Waals surface area (Å²) in [5, 5.41) is 3.51. The molecule has 1 heterocycles. The quantitative estimate of drug-likeness (QED) is 0.700. The van der Waals surface area contributed by atoms with Gasteiger partial charge < -0.3 is 10.1 Å². The van der Waals surface area contributed by atoms with Crippen LogP contribution >= 0.6 is 0 Å². The summed E-state index contributed by atoms with van der Waals surface area (Å²) < 4.78 is 44.2. The van der Waals surface area contributed by atoms with E-state index < -0.39 is 11.7 Å². The molecule has 1 fully saturated rings. The Labute approximate surface area is 158 Å². The summed E-state index contributed by atoms with van der Waals surface area (Å²) in [5.41, 5.74) is 0.0305. The van der Waals surface area contributed by atoms with Crippen molar-refractivity contribution in [3.63, 3.8) is 0 Å². The van der Waals surface area contributed by atoms with Crippen LogP contribution in [0.3, 0.4) is 0 Å². The largest absolute Gasteiger partial charge is 0.456 e. The second kappa shape index (κ2) is 8.96. The number of alkyl halides is 3. The Kier molecular flexibility index (Phi) is 6.41. The summed E-state index contributed by atoms with van der Waals surface area (Å²) in [7, 11) is 0. The topological polar surface area (TPSA) is 21.3 Å². The number of ether oxygens (including phenoxy) is 1. The summed E-state index contributed by atoms with van der Waals surface area (Å²) in [5.74, 6) is 0.932. The normalized spacial score (nSPS) is 18.9. The van der Waals surface area contributed by atoms with Crippen LogP contribution in [0.15, 0.2) is 48.5 Å². The lowest BCUT2D eigenvalue weighted by Crippen LogP contribution is -2.30. The first kappa shape index (κ1) is 19.3. The van der Waals surface area contributed by atoms with Crippen molar-refractivity contribution >= 4 is 5.76 Å². The average Bonchev–Trinajstić information content (AvgIpc) is 2.63. The van der Waals surface area contributed by atoms with Crippen LogP contribution in [0.5, 0.6) is 5.75 Å². The molecule has 0 saturated carbocycles. The van der Waals surface area contributed by atoms with Crippen LogP contribution in [0, 0.1) is 12.1 Å². The van der Waals surface area contributed by atoms with Gasteiger partial charge in [0.05, 0.1) is 11.1 Å². The Morgan fingerprint density at radius 1 is 1.07 bits per heavy atom. The van der Waals surface area contributed by atoms with E-state index in [9.17, 15) is 13.2 Å². The number of halogens is 3. The highest BCUT2D eigenvalue weighted by Gasteiger charge is 2.30. The maximum absolute atomic E-state index is 12.8. The highest BCUT2D eigenvalue weighted by Crippen LogP contribution is 2.31. The number of hydrogen-bond donors (Lipinski definition) is 1. The fraction of sp³-hybridized carbons (Fsp3) is 0.364. The predicted octanol–water partition coefficient (Wildman–Crippen LogP) is 5.65. The fourth-order valence-corrected chi connectivity index (χ4v) is 3.07. The summed E-state index contributed by atoms with van der Waals surface area (Å²) in [6, 6.07) is 16.3. The lowest BCUT2D eigenvalue weighted by Gasteiger charge is -2.20. The molecule has 27 heavy (non-hydrogen) atoms. The third-order valence-corrected chi connectivity index (χ3v) is 4.53. The van der Waals surface area contributed by atoms with Gasteiger partial charge in [0.15, 0.2) is 0 Å². The number of benzene rings is 1. The minimum absolute atomic E-state index is 0.156. The molecule has 1 aliphatic rings. The zero-order chi connectivity index (χ0) is 19.1. The van der Waals surface area contributed by atoms with E-state index in [-0.39, 0.29) is 6.04 Å². The third kappa shape index (κ3) is 5.77. The molecule has 0 aromatic heterocycles. The lowest BCUT2D eigenvalue weighted by atomic mass is 10.0. The maximum Gasteiger partial charge on any atom is 0.416 e. The molecule has 1 saturated heterocycles. The van der Waals surface area contributed by atoms with Crippen molar-refractivity contribution in [1.29, 1.82) is 0 Å². The molecular weight excluding hydrogens is 351 g/mol. The van der Waals surface area contributed by atoms with Crippen molar-refractivity contribution in [3.8, 4) is 5.75 Å². The van der Waals surface area contributed by atoms with E-state index in [4.69, 9.17) is 4.74 Å². The molecule has 5 heteroatoms. The molecule has 1 N–H and O–H groups in total. The van der Waals surface area contributed by atoms with Crippen molar-refractivity contribution in [2.45, 2.75) is 44.3 Å². The van der Waals surface area contributed by atoms with E-state index in [2.05, 4.69) is 17.4 Å². The summed E-state index contributed by atoms with van der Waals surface area (Å²) in [6.45, 7) is 0.944. The Balaban J connectivity index is 1.83. The standard InChI is InChI=1S/C22H22F3NO/c23-22(24,25)18-11-13-20(14-12-18)27-21(17-8-4-3-5-9-17)16-19-10-6-1-2-7-15-26-19/h3-4,8,11-14,16,19,26H,1-2,6-7,10,15H2/b21-16-/t19-/m0/s1. The van der Waals surface area contributed by atoms with Crippen molar-refractivity contribution in [2.24, 2.45) is 0 Å². The second-order valence-corrected chi connectivity index (χ2v) is 6.63. The second-order valence-electron chi connectivity index (χ2n) is 6.63. The molecule has 142 valence electrons. The van der Waals surface area contributed by atoms with Crippen LogP contribution in [0.25, 0.3) is 5.76 Å². The molecule has 0 spiro atoms. The van der Waals surface area contributed by atoms with Gasteiger partial charge in [0.1, 0.15) is 11.5 Å². The Bertz CT molecular complexity index is 730. The molecule has 1 aliphatic heterocycles. The van der Waals surface area contributed by atoms with Crippen LogP contribution in [0.1, 0.15) is 43.2 Å². The average molecular weight is 373 g/mol. The van der Waals surface area contributed by atoms with Crippen LogP contribution in [-0.4, -0.2) is 12.6 Å². The van der Waals surface area contributed by atoms with Crippen LogP contribution in [-0.2, 0) is 6.18 Å². The first-order valence-electron chi connectivity index (χ1n) is 9.21. The zero-order valence-corrected chi connectivity index (χ0v) is 15.0. The van der Waals surface area contributed by atoms with Gasteiger partial charge in [-0.25, -0.2) is 0 Å². The molecule has 3 rings (SSSR count). The van der Waals surface area contributed by atoms with Gasteiger partial charge in [0.25, 0.3) is 0 Å². The van der Waals surface area contributed by atoms with E-state index in [0.29, 0.717) is 11.5 Å². The summed E-state index contributed by atoms with van der Waals surface area (Å²) in [4.78, 5) is 0.